The van der Waals surface area contributed by atoms with Gasteiger partial charge in [-0.05, 0) is 49.7 Å². The first-order valence-corrected chi connectivity index (χ1v) is 7.89. The van der Waals surface area contributed by atoms with Gasteiger partial charge in [-0.1, -0.05) is 17.7 Å². The van der Waals surface area contributed by atoms with Crippen molar-refractivity contribution < 1.29 is 24.2 Å². The summed E-state index contributed by atoms with van der Waals surface area (Å²) in [5.41, 5.74) is 1.29. The van der Waals surface area contributed by atoms with Gasteiger partial charge in [-0.2, -0.15) is 0 Å². The molecule has 0 radical (unpaired) electrons. The minimum atomic E-state index is -1.32. The number of aryl methyl sites for hydroxylation is 1. The summed E-state index contributed by atoms with van der Waals surface area (Å²) in [6, 6.07) is 11.5. The number of aliphatic carboxylic acids is 1. The first-order chi connectivity index (χ1) is 11.8. The Bertz CT molecular complexity index is 778. The number of rotatable bonds is 7. The van der Waals surface area contributed by atoms with Gasteiger partial charge in [0.25, 0.3) is 5.91 Å². The summed E-state index contributed by atoms with van der Waals surface area (Å²) in [5, 5.41) is 13.7. The number of hydrogen-bond donors (Lipinski definition) is 1. The molecule has 0 aliphatic heterocycles. The Morgan fingerprint density at radius 2 is 2.00 bits per heavy atom. The molecule has 0 heterocycles. The summed E-state index contributed by atoms with van der Waals surface area (Å²) in [6.45, 7) is 2.90. The summed E-state index contributed by atoms with van der Waals surface area (Å²) in [7, 11) is 0. The topological polar surface area (TPSA) is 87.7 Å². The van der Waals surface area contributed by atoms with Crippen molar-refractivity contribution in [1.82, 2.24) is 0 Å². The maximum absolute atomic E-state index is 12.3. The molecule has 0 bridgehead atoms. The fraction of sp³-hybridized carbons (Fsp3) is 0.222. The highest BCUT2D eigenvalue weighted by molar-refractivity contribution is 6.30. The van der Waals surface area contributed by atoms with E-state index in [9.17, 15) is 14.7 Å². The number of carbonyl (C=O) groups is 2. The number of carboxylic acids is 1. The van der Waals surface area contributed by atoms with E-state index in [1.807, 2.05) is 6.92 Å². The first kappa shape index (κ1) is 18.6. The Labute approximate surface area is 150 Å². The largest absolute Gasteiger partial charge is 0.546 e. The summed E-state index contributed by atoms with van der Waals surface area (Å²) in [5.74, 6) is -0.802. The quantitative estimate of drug-likeness (QED) is 0.815. The van der Waals surface area contributed by atoms with Crippen LogP contribution in [0.4, 0.5) is 5.69 Å². The molecule has 0 aliphatic rings. The monoisotopic (exact) mass is 362 g/mol. The van der Waals surface area contributed by atoms with E-state index in [1.165, 1.54) is 6.07 Å². The van der Waals surface area contributed by atoms with E-state index in [0.717, 1.165) is 5.56 Å². The Morgan fingerprint density at radius 1 is 1.24 bits per heavy atom. The van der Waals surface area contributed by atoms with Crippen molar-refractivity contribution in [2.24, 2.45) is 0 Å². The number of halogens is 1. The molecule has 1 N–H and O–H groups in total. The number of anilines is 1. The predicted molar refractivity (Wildman–Crippen MR) is 91.9 cm³/mol. The minimum Gasteiger partial charge on any atom is -0.546 e. The lowest BCUT2D eigenvalue weighted by Crippen LogP contribution is -2.30. The molecule has 2 rings (SSSR count). The van der Waals surface area contributed by atoms with Crippen LogP contribution in [-0.4, -0.2) is 24.6 Å². The van der Waals surface area contributed by atoms with Gasteiger partial charge in [-0.3, -0.25) is 4.79 Å². The molecule has 0 unspecified atom stereocenters. The van der Waals surface area contributed by atoms with Gasteiger partial charge in [0.05, 0.1) is 5.97 Å². The van der Waals surface area contributed by atoms with Crippen LogP contribution in [-0.2, 0) is 9.59 Å². The van der Waals surface area contributed by atoms with Gasteiger partial charge in [0, 0.05) is 16.8 Å². The molecule has 0 aromatic heterocycles. The van der Waals surface area contributed by atoms with E-state index in [-0.39, 0.29) is 5.91 Å². The van der Waals surface area contributed by atoms with Crippen LogP contribution in [0.25, 0.3) is 0 Å². The maximum atomic E-state index is 12.3. The van der Waals surface area contributed by atoms with Crippen molar-refractivity contribution in [3.63, 3.8) is 0 Å². The van der Waals surface area contributed by atoms with E-state index >= 15 is 0 Å². The molecule has 7 heteroatoms. The normalized spacial score (nSPS) is 11.5. The zero-order valence-corrected chi connectivity index (χ0v) is 14.5. The zero-order valence-electron chi connectivity index (χ0n) is 13.7. The highest BCUT2D eigenvalue weighted by Gasteiger charge is 2.16. The van der Waals surface area contributed by atoms with Gasteiger partial charge in [-0.15, -0.1) is 0 Å². The van der Waals surface area contributed by atoms with Gasteiger partial charge >= 0.3 is 0 Å². The average molecular weight is 363 g/mol. The van der Waals surface area contributed by atoms with E-state index in [0.29, 0.717) is 22.2 Å². The second kappa shape index (κ2) is 8.39. The number of amides is 1. The molecule has 2 aromatic carbocycles. The van der Waals surface area contributed by atoms with Crippen molar-refractivity contribution in [2.45, 2.75) is 20.0 Å². The molecular formula is C18H17ClNO5-. The molecule has 132 valence electrons. The van der Waals surface area contributed by atoms with E-state index in [4.69, 9.17) is 21.1 Å². The molecule has 6 nitrogen and oxygen atoms in total. The highest BCUT2D eigenvalue weighted by atomic mass is 35.5. The molecule has 0 spiro atoms. The summed E-state index contributed by atoms with van der Waals surface area (Å²) >= 11 is 5.90. The van der Waals surface area contributed by atoms with Crippen LogP contribution in [0.2, 0.25) is 5.02 Å². The van der Waals surface area contributed by atoms with Crippen LogP contribution in [0.5, 0.6) is 11.5 Å². The molecule has 0 aliphatic carbocycles. The molecule has 2 aromatic rings. The molecule has 25 heavy (non-hydrogen) atoms. The van der Waals surface area contributed by atoms with Crippen LogP contribution in [0, 0.1) is 6.92 Å². The maximum Gasteiger partial charge on any atom is 0.265 e. The second-order valence-corrected chi connectivity index (χ2v) is 5.78. The van der Waals surface area contributed by atoms with Crippen molar-refractivity contribution in [3.8, 4) is 11.5 Å². The summed E-state index contributed by atoms with van der Waals surface area (Å²) in [4.78, 5) is 22.7. The summed E-state index contributed by atoms with van der Waals surface area (Å²) < 4.78 is 10.7. The van der Waals surface area contributed by atoms with Gasteiger partial charge in [-0.25, -0.2) is 0 Å². The molecule has 1 atom stereocenters. The van der Waals surface area contributed by atoms with Crippen LogP contribution < -0.4 is 19.9 Å². The van der Waals surface area contributed by atoms with E-state index in [2.05, 4.69) is 5.32 Å². The van der Waals surface area contributed by atoms with Crippen molar-refractivity contribution in [3.05, 3.63) is 53.1 Å². The van der Waals surface area contributed by atoms with Crippen LogP contribution in [0.1, 0.15) is 12.5 Å². The fourth-order valence-electron chi connectivity index (χ4n) is 2.04. The minimum absolute atomic E-state index is 0.309. The zero-order chi connectivity index (χ0) is 18.4. The third-order valence-electron chi connectivity index (χ3n) is 3.27. The Kier molecular flexibility index (Phi) is 6.25. The number of carbonyl (C=O) groups excluding carboxylic acids is 2. The number of ether oxygens (including phenoxy) is 2. The Balaban J connectivity index is 1.98. The van der Waals surface area contributed by atoms with Gasteiger partial charge in [0.15, 0.2) is 6.10 Å². The number of carboxylic acid groups (broad SMARTS) is 1. The first-order valence-electron chi connectivity index (χ1n) is 7.51. The smallest absolute Gasteiger partial charge is 0.265 e. The number of benzene rings is 2. The van der Waals surface area contributed by atoms with Crippen molar-refractivity contribution in [1.29, 1.82) is 0 Å². The average Bonchev–Trinajstić information content (AvgIpc) is 2.55. The molecule has 0 saturated heterocycles. The third kappa shape index (κ3) is 5.69. The fourth-order valence-corrected chi connectivity index (χ4v) is 2.27. The number of hydrogen-bond acceptors (Lipinski definition) is 5. The molecule has 0 saturated carbocycles. The van der Waals surface area contributed by atoms with Crippen LogP contribution in [0.15, 0.2) is 42.5 Å². The number of nitrogens with one attached hydrogen (secondary N) is 1. The van der Waals surface area contributed by atoms with Gasteiger partial charge in [0.2, 0.25) is 0 Å². The standard InChI is InChI=1S/C18H18ClNO5/c1-11-8-13(19)6-7-16(11)25-12(2)18(23)20-14-4-3-5-15(9-14)24-10-17(21)22/h3-9,12H,10H2,1-2H3,(H,20,23)(H,21,22)/p-1/t12-/m0/s1. The molecule has 0 fully saturated rings. The van der Waals surface area contributed by atoms with Crippen LogP contribution >= 0.6 is 11.6 Å². The highest BCUT2D eigenvalue weighted by Crippen LogP contribution is 2.23. The predicted octanol–water partition coefficient (Wildman–Crippen LogP) is 2.18. The van der Waals surface area contributed by atoms with E-state index < -0.39 is 18.7 Å². The molecule has 1 amide bonds. The van der Waals surface area contributed by atoms with Crippen LogP contribution in [0.3, 0.4) is 0 Å². The van der Waals surface area contributed by atoms with Gasteiger partial charge < -0.3 is 24.7 Å². The van der Waals surface area contributed by atoms with Crippen molar-refractivity contribution in [2.75, 3.05) is 11.9 Å². The lowest BCUT2D eigenvalue weighted by Gasteiger charge is -2.17. The lowest BCUT2D eigenvalue weighted by molar-refractivity contribution is -0.307. The van der Waals surface area contributed by atoms with E-state index in [1.54, 1.807) is 43.3 Å². The second-order valence-electron chi connectivity index (χ2n) is 5.35. The molecular weight excluding hydrogens is 346 g/mol. The van der Waals surface area contributed by atoms with Crippen molar-refractivity contribution >= 4 is 29.2 Å². The third-order valence-corrected chi connectivity index (χ3v) is 3.50. The Morgan fingerprint density at radius 3 is 2.68 bits per heavy atom. The lowest BCUT2D eigenvalue weighted by atomic mass is 10.2. The Hall–Kier alpha value is -2.73. The summed E-state index contributed by atoms with van der Waals surface area (Å²) in [6.07, 6.45) is -0.743. The van der Waals surface area contributed by atoms with Gasteiger partial charge in [0.1, 0.15) is 18.1 Å². The SMILES string of the molecule is Cc1cc(Cl)ccc1O[C@@H](C)C(=O)Nc1cccc(OCC(=O)[O-])c1.